The Morgan fingerprint density at radius 1 is 0.878 bits per heavy atom. The molecule has 1 saturated carbocycles. The number of ether oxygens (including phenoxy) is 1. The molecule has 1 aliphatic carbocycles. The molecule has 0 bridgehead atoms. The lowest BCUT2D eigenvalue weighted by molar-refractivity contribution is -0.110. The van der Waals surface area contributed by atoms with Gasteiger partial charge >= 0.3 is 6.18 Å². The van der Waals surface area contributed by atoms with Crippen molar-refractivity contribution < 1.29 is 17.9 Å². The molecule has 0 amide bonds. The Labute approximate surface area is 303 Å². The second kappa shape index (κ2) is 29.9. The van der Waals surface area contributed by atoms with Gasteiger partial charge in [-0.15, -0.1) is 0 Å². The van der Waals surface area contributed by atoms with Crippen LogP contribution in [0.3, 0.4) is 0 Å². The van der Waals surface area contributed by atoms with Crippen LogP contribution in [0.1, 0.15) is 158 Å². The van der Waals surface area contributed by atoms with Gasteiger partial charge in [0.25, 0.3) is 0 Å². The zero-order valence-corrected chi connectivity index (χ0v) is 34.2. The van der Waals surface area contributed by atoms with E-state index in [2.05, 4.69) is 109 Å². The fourth-order valence-corrected chi connectivity index (χ4v) is 5.49. The van der Waals surface area contributed by atoms with Crippen molar-refractivity contribution in [3.8, 4) is 0 Å². The molecule has 1 spiro atoms. The average molecular weight is 697 g/mol. The van der Waals surface area contributed by atoms with Gasteiger partial charge in [-0.05, 0) is 95.7 Å². The van der Waals surface area contributed by atoms with Crippen LogP contribution in [0, 0.1) is 12.8 Å². The molecule has 0 aromatic heterocycles. The number of halogens is 3. The minimum atomic E-state index is -4.00. The SMILES string of the molecule is CC.CC(F)(F)F.CC/C=C(\C=C(\C)C(C)CC)N1CCN(CCC)C2(CC2)C1.CCCCCOCCC.CCCCc1ccc(C)cc1. The molecular formula is C43H79F3N2O. The molecular weight excluding hydrogens is 617 g/mol. The molecule has 0 N–H and O–H groups in total. The predicted molar refractivity (Wildman–Crippen MR) is 210 cm³/mol. The summed E-state index contributed by atoms with van der Waals surface area (Å²) in [6.07, 6.45) is 16.1. The standard InChI is InChI=1S/C20H36N2.C11H16.C8H18O.C2H3F3.C2H6/c1-6-9-19(15-18(5)17(4)8-3)21-13-14-22(12-7-2)20(16-21)10-11-20;1-3-4-5-11-8-6-10(2)7-9-11;1-3-5-6-8-9-7-4-2;1-2(3,4)5;1-2/h9,15,17H,6-8,10-14,16H2,1-5H3;6-9H,3-5H2,1-2H3;3-8H2,1-2H3;1H3;1-2H3/b18-15-,19-9+;;;;. The third kappa shape index (κ3) is 25.8. The second-order valence-corrected chi connectivity index (χ2v) is 13.6. The van der Waals surface area contributed by atoms with E-state index in [-0.39, 0.29) is 6.92 Å². The summed E-state index contributed by atoms with van der Waals surface area (Å²) in [6, 6.07) is 8.83. The van der Waals surface area contributed by atoms with E-state index in [0.29, 0.717) is 11.5 Å². The van der Waals surface area contributed by atoms with Crippen molar-refractivity contribution in [2.24, 2.45) is 5.92 Å². The number of piperazine rings is 1. The van der Waals surface area contributed by atoms with Gasteiger partial charge < -0.3 is 9.64 Å². The largest absolute Gasteiger partial charge is 0.386 e. The van der Waals surface area contributed by atoms with Gasteiger partial charge in [-0.1, -0.05) is 123 Å². The summed E-state index contributed by atoms with van der Waals surface area (Å²) >= 11 is 0. The van der Waals surface area contributed by atoms with Crippen molar-refractivity contribution in [2.45, 2.75) is 172 Å². The van der Waals surface area contributed by atoms with Crippen LogP contribution in [0.4, 0.5) is 13.2 Å². The van der Waals surface area contributed by atoms with E-state index >= 15 is 0 Å². The summed E-state index contributed by atoms with van der Waals surface area (Å²) in [7, 11) is 0. The number of benzene rings is 1. The Morgan fingerprint density at radius 2 is 1.47 bits per heavy atom. The molecule has 1 aromatic carbocycles. The summed E-state index contributed by atoms with van der Waals surface area (Å²) in [5.74, 6) is 0.691. The highest BCUT2D eigenvalue weighted by Crippen LogP contribution is 2.45. The molecule has 1 saturated heterocycles. The summed E-state index contributed by atoms with van der Waals surface area (Å²) in [5.41, 5.74) is 6.34. The molecule has 2 fully saturated rings. The summed E-state index contributed by atoms with van der Waals surface area (Å²) in [5, 5.41) is 0. The minimum absolute atomic E-state index is 0.188. The van der Waals surface area contributed by atoms with Gasteiger partial charge in [0.1, 0.15) is 0 Å². The van der Waals surface area contributed by atoms with E-state index in [1.807, 2.05) is 13.8 Å². The Bertz CT molecular complexity index is 939. The lowest BCUT2D eigenvalue weighted by atomic mass is 9.98. The normalized spacial score (nSPS) is 16.2. The van der Waals surface area contributed by atoms with Gasteiger partial charge in [-0.2, -0.15) is 13.2 Å². The number of hydrogen-bond donors (Lipinski definition) is 0. The molecule has 49 heavy (non-hydrogen) atoms. The Hall–Kier alpha value is -1.79. The molecule has 288 valence electrons. The highest BCUT2D eigenvalue weighted by atomic mass is 19.4. The quantitative estimate of drug-likeness (QED) is 0.126. The second-order valence-electron chi connectivity index (χ2n) is 13.6. The van der Waals surface area contributed by atoms with Crippen LogP contribution in [0.5, 0.6) is 0 Å². The van der Waals surface area contributed by atoms with E-state index < -0.39 is 6.18 Å². The van der Waals surface area contributed by atoms with Crippen LogP contribution >= 0.6 is 0 Å². The van der Waals surface area contributed by atoms with Crippen molar-refractivity contribution in [3.05, 3.63) is 58.8 Å². The van der Waals surface area contributed by atoms with Crippen molar-refractivity contribution in [2.75, 3.05) is 39.4 Å². The lowest BCUT2D eigenvalue weighted by Crippen LogP contribution is -2.54. The van der Waals surface area contributed by atoms with Gasteiger partial charge in [0.15, 0.2) is 0 Å². The maximum absolute atomic E-state index is 10.4. The van der Waals surface area contributed by atoms with E-state index in [1.165, 1.54) is 113 Å². The van der Waals surface area contributed by atoms with Gasteiger partial charge in [0, 0.05) is 51.0 Å². The topological polar surface area (TPSA) is 15.7 Å². The number of hydrogen-bond acceptors (Lipinski definition) is 3. The Balaban J connectivity index is 0. The van der Waals surface area contributed by atoms with Gasteiger partial charge in [-0.25, -0.2) is 0 Å². The number of rotatable bonds is 16. The zero-order chi connectivity index (χ0) is 37.7. The van der Waals surface area contributed by atoms with Crippen LogP contribution in [0.15, 0.2) is 47.7 Å². The summed E-state index contributed by atoms with van der Waals surface area (Å²) < 4.78 is 36.3. The molecule has 6 heteroatoms. The van der Waals surface area contributed by atoms with E-state index in [4.69, 9.17) is 4.74 Å². The van der Waals surface area contributed by atoms with E-state index in [0.717, 1.165) is 26.1 Å². The molecule has 1 unspecified atom stereocenters. The van der Waals surface area contributed by atoms with Crippen LogP contribution in [-0.4, -0.2) is 60.9 Å². The fraction of sp³-hybridized carbons (Fsp3) is 0.767. The predicted octanol–water partition coefficient (Wildman–Crippen LogP) is 13.4. The number of allylic oxidation sites excluding steroid dienone is 3. The van der Waals surface area contributed by atoms with Gasteiger partial charge in [0.2, 0.25) is 0 Å². The molecule has 0 radical (unpaired) electrons. The third-order valence-electron chi connectivity index (χ3n) is 8.84. The fourth-order valence-electron chi connectivity index (χ4n) is 5.49. The van der Waals surface area contributed by atoms with Crippen LogP contribution in [-0.2, 0) is 11.2 Å². The van der Waals surface area contributed by atoms with Crippen LogP contribution in [0.2, 0.25) is 0 Å². The maximum atomic E-state index is 10.4. The highest BCUT2D eigenvalue weighted by Gasteiger charge is 2.50. The zero-order valence-electron chi connectivity index (χ0n) is 34.2. The van der Waals surface area contributed by atoms with Crippen molar-refractivity contribution in [1.82, 2.24) is 9.80 Å². The lowest BCUT2D eigenvalue weighted by Gasteiger charge is -2.44. The monoisotopic (exact) mass is 697 g/mol. The molecule has 1 heterocycles. The first-order valence-corrected chi connectivity index (χ1v) is 19.9. The molecule has 3 rings (SSSR count). The summed E-state index contributed by atoms with van der Waals surface area (Å²) in [4.78, 5) is 5.42. The molecule has 1 aliphatic heterocycles. The van der Waals surface area contributed by atoms with Crippen LogP contribution < -0.4 is 0 Å². The molecule has 1 atom stereocenters. The smallest absolute Gasteiger partial charge is 0.381 e. The maximum Gasteiger partial charge on any atom is 0.386 e. The first-order chi connectivity index (χ1) is 23.3. The van der Waals surface area contributed by atoms with E-state index in [9.17, 15) is 13.2 Å². The molecule has 3 nitrogen and oxygen atoms in total. The van der Waals surface area contributed by atoms with Crippen molar-refractivity contribution in [3.63, 3.8) is 0 Å². The summed E-state index contributed by atoms with van der Waals surface area (Å²) in [6.45, 7) is 31.2. The molecule has 2 aliphatic rings. The Morgan fingerprint density at radius 3 is 1.94 bits per heavy atom. The number of alkyl halides is 3. The average Bonchev–Trinajstić information content (AvgIpc) is 3.85. The highest BCUT2D eigenvalue weighted by molar-refractivity contribution is 5.25. The van der Waals surface area contributed by atoms with Crippen molar-refractivity contribution in [1.29, 1.82) is 0 Å². The Kier molecular flexibility index (Phi) is 30.1. The van der Waals surface area contributed by atoms with Gasteiger partial charge in [-0.3, -0.25) is 4.90 Å². The van der Waals surface area contributed by atoms with Gasteiger partial charge in [0.05, 0.1) is 0 Å². The van der Waals surface area contributed by atoms with E-state index in [1.54, 1.807) is 0 Å². The first-order valence-electron chi connectivity index (χ1n) is 19.9. The number of nitrogens with zero attached hydrogens (tertiary/aromatic N) is 2. The number of unbranched alkanes of at least 4 members (excludes halogenated alkanes) is 3. The number of aryl methyl sites for hydroxylation is 2. The first kappa shape index (κ1) is 49.3. The molecule has 1 aromatic rings. The van der Waals surface area contributed by atoms with Crippen molar-refractivity contribution >= 4 is 0 Å². The third-order valence-corrected chi connectivity index (χ3v) is 8.84. The van der Waals surface area contributed by atoms with Crippen LogP contribution in [0.25, 0.3) is 0 Å². The minimum Gasteiger partial charge on any atom is -0.381 e.